The first kappa shape index (κ1) is 14.4. The predicted molar refractivity (Wildman–Crippen MR) is 62.2 cm³/mol. The van der Waals surface area contributed by atoms with E-state index in [0.717, 1.165) is 12.3 Å². The van der Waals surface area contributed by atoms with Gasteiger partial charge in [0.25, 0.3) is 11.4 Å². The number of aliphatic hydroxyl groups excluding tert-OH is 3. The van der Waals surface area contributed by atoms with Gasteiger partial charge in [0.2, 0.25) is 5.72 Å². The second kappa shape index (κ2) is 4.53. The first-order valence-electron chi connectivity index (χ1n) is 5.46. The van der Waals surface area contributed by atoms with Crippen molar-refractivity contribution in [2.24, 2.45) is 0 Å². The molecule has 4 atom stereocenters. The summed E-state index contributed by atoms with van der Waals surface area (Å²) >= 11 is 0. The summed E-state index contributed by atoms with van der Waals surface area (Å²) in [6.07, 6.45) is 1.90. The van der Waals surface area contributed by atoms with Crippen LogP contribution in [0.4, 0.5) is 4.39 Å². The van der Waals surface area contributed by atoms with Gasteiger partial charge in [0.05, 0.1) is 0 Å². The molecule has 2 rings (SSSR count). The van der Waals surface area contributed by atoms with E-state index in [4.69, 9.17) is 16.3 Å². The molecule has 4 N–H and O–H groups in total. The molecule has 0 spiro atoms. The van der Waals surface area contributed by atoms with Crippen LogP contribution in [-0.4, -0.2) is 49.5 Å². The van der Waals surface area contributed by atoms with Crippen molar-refractivity contribution in [3.63, 3.8) is 0 Å². The molecule has 1 saturated heterocycles. The molecule has 0 radical (unpaired) electrons. The number of H-pyrrole nitrogens is 1. The van der Waals surface area contributed by atoms with Crippen molar-refractivity contribution in [3.05, 3.63) is 33.1 Å². The zero-order valence-electron chi connectivity index (χ0n) is 9.99. The minimum absolute atomic E-state index is 0.567. The fourth-order valence-corrected chi connectivity index (χ4v) is 2.08. The maximum Gasteiger partial charge on any atom is 0.330 e. The average Bonchev–Trinajstić information content (AvgIpc) is 2.43. The van der Waals surface area contributed by atoms with Crippen LogP contribution in [0.5, 0.6) is 0 Å². The number of hydrogen-bond acceptors (Lipinski definition) is 6. The van der Waals surface area contributed by atoms with Gasteiger partial charge >= 0.3 is 5.69 Å². The fourth-order valence-electron chi connectivity index (χ4n) is 2.08. The van der Waals surface area contributed by atoms with Crippen molar-refractivity contribution in [3.8, 4) is 12.3 Å². The van der Waals surface area contributed by atoms with E-state index >= 15 is 0 Å². The Morgan fingerprint density at radius 3 is 2.75 bits per heavy atom. The summed E-state index contributed by atoms with van der Waals surface area (Å²) in [5, 5.41) is 28.4. The van der Waals surface area contributed by atoms with Crippen molar-refractivity contribution in [2.45, 2.75) is 23.8 Å². The molecule has 9 heteroatoms. The Balaban J connectivity index is 2.60. The molecule has 0 amide bonds. The third kappa shape index (κ3) is 1.70. The Kier molecular flexibility index (Phi) is 3.27. The third-order valence-electron chi connectivity index (χ3n) is 3.10. The van der Waals surface area contributed by atoms with Crippen LogP contribution >= 0.6 is 0 Å². The maximum atomic E-state index is 13.8. The first-order chi connectivity index (χ1) is 9.31. The van der Waals surface area contributed by atoms with Gasteiger partial charge in [0.1, 0.15) is 6.61 Å². The van der Waals surface area contributed by atoms with E-state index in [0.29, 0.717) is 4.57 Å². The summed E-state index contributed by atoms with van der Waals surface area (Å²) in [5.74, 6) is -1.06. The fraction of sp³-hybridized carbons (Fsp3) is 0.455. The number of aromatic amines is 1. The van der Waals surface area contributed by atoms with Gasteiger partial charge in [-0.05, 0) is 0 Å². The lowest BCUT2D eigenvalue weighted by molar-refractivity contribution is -0.453. The van der Waals surface area contributed by atoms with Gasteiger partial charge in [-0.3, -0.25) is 14.3 Å². The zero-order valence-corrected chi connectivity index (χ0v) is 9.99. The van der Waals surface area contributed by atoms with Crippen LogP contribution in [-0.2, 0) is 10.5 Å². The second-order valence-corrected chi connectivity index (χ2v) is 4.25. The normalized spacial score (nSPS) is 34.0. The number of terminal acetylenes is 1. The van der Waals surface area contributed by atoms with E-state index in [-0.39, 0.29) is 0 Å². The van der Waals surface area contributed by atoms with E-state index in [2.05, 4.69) is 0 Å². The lowest BCUT2D eigenvalue weighted by atomic mass is 9.86. The largest absolute Gasteiger partial charge is 0.390 e. The third-order valence-corrected chi connectivity index (χ3v) is 3.10. The van der Waals surface area contributed by atoms with E-state index in [9.17, 15) is 24.2 Å². The number of aromatic nitrogens is 2. The molecular formula is C11H11FN2O6. The van der Waals surface area contributed by atoms with Crippen LogP contribution in [0, 0.1) is 12.3 Å². The standard InChI is InChI=1S/C11H11FN2O6/c1-2-6(16)11(8(18)10(12,5-15)20-11)14-4-3-7(17)13-9(14)19/h1,3-4,6,8,15-16,18H,5H2,(H,13,17,19)/t6-,8+,10+,11+/m0/s1. The Bertz CT molecular complexity index is 678. The summed E-state index contributed by atoms with van der Waals surface area (Å²) in [6.45, 7) is -1.20. The van der Waals surface area contributed by atoms with Crippen molar-refractivity contribution >= 4 is 0 Å². The van der Waals surface area contributed by atoms with Gasteiger partial charge in [0, 0.05) is 12.3 Å². The van der Waals surface area contributed by atoms with Crippen molar-refractivity contribution < 1.29 is 24.4 Å². The van der Waals surface area contributed by atoms with Gasteiger partial charge < -0.3 is 20.1 Å². The summed E-state index contributed by atoms with van der Waals surface area (Å²) in [7, 11) is 0. The average molecular weight is 286 g/mol. The van der Waals surface area contributed by atoms with Gasteiger partial charge in [-0.25, -0.2) is 9.18 Å². The topological polar surface area (TPSA) is 125 Å². The summed E-state index contributed by atoms with van der Waals surface area (Å²) < 4.78 is 19.1. The van der Waals surface area contributed by atoms with Crippen molar-refractivity contribution in [1.29, 1.82) is 0 Å². The number of ether oxygens (including phenoxy) is 1. The highest BCUT2D eigenvalue weighted by molar-refractivity contribution is 5.15. The second-order valence-electron chi connectivity index (χ2n) is 4.25. The molecule has 8 nitrogen and oxygen atoms in total. The van der Waals surface area contributed by atoms with Crippen molar-refractivity contribution in [2.75, 3.05) is 6.61 Å². The van der Waals surface area contributed by atoms with Crippen molar-refractivity contribution in [1.82, 2.24) is 9.55 Å². The highest BCUT2D eigenvalue weighted by atomic mass is 19.2. The Morgan fingerprint density at radius 2 is 2.30 bits per heavy atom. The van der Waals surface area contributed by atoms with Gasteiger partial charge in [-0.1, -0.05) is 5.92 Å². The number of alkyl halides is 1. The molecule has 1 fully saturated rings. The number of nitrogens with one attached hydrogen (secondary N) is 1. The van der Waals surface area contributed by atoms with E-state index in [1.54, 1.807) is 0 Å². The zero-order chi connectivity index (χ0) is 15.1. The lowest BCUT2D eigenvalue weighted by Gasteiger charge is -2.55. The molecule has 108 valence electrons. The molecule has 1 aliphatic rings. The summed E-state index contributed by atoms with van der Waals surface area (Å²) in [6, 6.07) is 0.902. The summed E-state index contributed by atoms with van der Waals surface area (Å²) in [4.78, 5) is 24.5. The molecule has 0 aromatic carbocycles. The molecule has 0 unspecified atom stereocenters. The molecule has 0 bridgehead atoms. The molecule has 20 heavy (non-hydrogen) atoms. The Hall–Kier alpha value is -1.99. The van der Waals surface area contributed by atoms with Gasteiger partial charge in [0.15, 0.2) is 12.2 Å². The number of hydrogen-bond donors (Lipinski definition) is 4. The quantitative estimate of drug-likeness (QED) is 0.446. The SMILES string of the molecule is C#C[C@H](O)[C@@]1(n2ccc(=O)[nH]c2=O)O[C@](F)(CO)[C@H]1O. The van der Waals surface area contributed by atoms with E-state index in [1.807, 2.05) is 10.9 Å². The van der Waals surface area contributed by atoms with Gasteiger partial charge in [-0.2, -0.15) is 0 Å². The molecule has 1 aromatic rings. The molecular weight excluding hydrogens is 275 g/mol. The smallest absolute Gasteiger partial charge is 0.330 e. The van der Waals surface area contributed by atoms with E-state index in [1.165, 1.54) is 0 Å². The van der Waals surface area contributed by atoms with Crippen LogP contribution < -0.4 is 11.2 Å². The number of rotatable bonds is 3. The molecule has 0 aliphatic carbocycles. The van der Waals surface area contributed by atoms with Crippen LogP contribution in [0.25, 0.3) is 0 Å². The Morgan fingerprint density at radius 1 is 1.65 bits per heavy atom. The van der Waals surface area contributed by atoms with E-state index < -0.39 is 41.6 Å². The minimum Gasteiger partial charge on any atom is -0.390 e. The highest BCUT2D eigenvalue weighted by Gasteiger charge is 2.71. The van der Waals surface area contributed by atoms with Crippen LogP contribution in [0.3, 0.4) is 0 Å². The molecule has 2 heterocycles. The number of halogens is 1. The molecule has 1 aromatic heterocycles. The van der Waals surface area contributed by atoms with Gasteiger partial charge in [-0.15, -0.1) is 6.42 Å². The minimum atomic E-state index is -2.87. The molecule has 1 aliphatic heterocycles. The predicted octanol–water partition coefficient (Wildman–Crippen LogP) is -2.77. The highest BCUT2D eigenvalue weighted by Crippen LogP contribution is 2.47. The monoisotopic (exact) mass is 286 g/mol. The van der Waals surface area contributed by atoms with Crippen LogP contribution in [0.1, 0.15) is 0 Å². The Labute approximate surface area is 111 Å². The van der Waals surface area contributed by atoms with Crippen LogP contribution in [0.15, 0.2) is 21.9 Å². The van der Waals surface area contributed by atoms with Crippen LogP contribution in [0.2, 0.25) is 0 Å². The number of nitrogens with zero attached hydrogens (tertiary/aromatic N) is 1. The maximum absolute atomic E-state index is 13.8. The number of aliphatic hydroxyl groups is 3. The molecule has 0 saturated carbocycles. The lowest BCUT2D eigenvalue weighted by Crippen LogP contribution is -2.77. The first-order valence-corrected chi connectivity index (χ1v) is 5.46. The summed E-state index contributed by atoms with van der Waals surface area (Å²) in [5.41, 5.74) is -4.13.